The van der Waals surface area contributed by atoms with E-state index in [0.717, 1.165) is 12.8 Å². The summed E-state index contributed by atoms with van der Waals surface area (Å²) < 4.78 is 13.3. The van der Waals surface area contributed by atoms with Crippen LogP contribution in [0.25, 0.3) is 0 Å². The van der Waals surface area contributed by atoms with Gasteiger partial charge in [-0.05, 0) is 43.4 Å². The summed E-state index contributed by atoms with van der Waals surface area (Å²) in [4.78, 5) is 41.7. The molecule has 2 heterocycles. The topological polar surface area (TPSA) is 73.0 Å². The summed E-state index contributed by atoms with van der Waals surface area (Å²) in [5.41, 5.74) is 0.495. The van der Waals surface area contributed by atoms with Crippen LogP contribution in [0.4, 0.5) is 14.9 Å². The van der Waals surface area contributed by atoms with Gasteiger partial charge in [-0.3, -0.25) is 14.5 Å². The number of benzene rings is 1. The molecule has 1 atom stereocenters. The van der Waals surface area contributed by atoms with E-state index in [1.54, 1.807) is 4.90 Å². The van der Waals surface area contributed by atoms with Gasteiger partial charge in [-0.2, -0.15) is 0 Å². The SMILES string of the molecule is O=C1CN(C(=O)NC2CCN(c3ccc(F)c(Cl)c3)C2=O)CN1CC1CC1. The molecule has 1 saturated carbocycles. The molecule has 7 nitrogen and oxygen atoms in total. The highest BCUT2D eigenvalue weighted by Gasteiger charge is 2.38. The van der Waals surface area contributed by atoms with Crippen LogP contribution in [0, 0.1) is 11.7 Å². The van der Waals surface area contributed by atoms with Crippen molar-refractivity contribution in [2.45, 2.75) is 25.3 Å². The molecule has 0 aromatic heterocycles. The maximum Gasteiger partial charge on any atom is 0.319 e. The van der Waals surface area contributed by atoms with Crippen molar-refractivity contribution < 1.29 is 18.8 Å². The Labute approximate surface area is 161 Å². The van der Waals surface area contributed by atoms with Crippen molar-refractivity contribution in [3.8, 4) is 0 Å². The van der Waals surface area contributed by atoms with Crippen LogP contribution in [0.2, 0.25) is 5.02 Å². The van der Waals surface area contributed by atoms with E-state index in [9.17, 15) is 18.8 Å². The van der Waals surface area contributed by atoms with Crippen molar-refractivity contribution in [2.75, 3.05) is 31.2 Å². The van der Waals surface area contributed by atoms with E-state index in [1.165, 1.54) is 28.0 Å². The zero-order valence-corrected chi connectivity index (χ0v) is 15.4. The van der Waals surface area contributed by atoms with Crippen molar-refractivity contribution in [3.05, 3.63) is 29.0 Å². The minimum absolute atomic E-state index is 0.0384. The van der Waals surface area contributed by atoms with Crippen LogP contribution in [0.5, 0.6) is 0 Å². The third-order valence-electron chi connectivity index (χ3n) is 5.20. The second-order valence-electron chi connectivity index (χ2n) is 7.28. The van der Waals surface area contributed by atoms with E-state index in [-0.39, 0.29) is 30.1 Å². The minimum Gasteiger partial charge on any atom is -0.326 e. The van der Waals surface area contributed by atoms with Gasteiger partial charge >= 0.3 is 6.03 Å². The van der Waals surface area contributed by atoms with Gasteiger partial charge in [-0.15, -0.1) is 0 Å². The summed E-state index contributed by atoms with van der Waals surface area (Å²) >= 11 is 5.79. The third kappa shape index (κ3) is 3.71. The van der Waals surface area contributed by atoms with Crippen molar-refractivity contribution in [1.29, 1.82) is 0 Å². The molecule has 1 unspecified atom stereocenters. The minimum atomic E-state index is -0.672. The van der Waals surface area contributed by atoms with Gasteiger partial charge in [0.05, 0.1) is 11.7 Å². The fraction of sp³-hybridized carbons (Fsp3) is 0.500. The average molecular weight is 395 g/mol. The van der Waals surface area contributed by atoms with Crippen molar-refractivity contribution in [3.63, 3.8) is 0 Å². The van der Waals surface area contributed by atoms with E-state index < -0.39 is 17.9 Å². The molecule has 2 aliphatic heterocycles. The molecular weight excluding hydrogens is 375 g/mol. The van der Waals surface area contributed by atoms with E-state index in [1.807, 2.05) is 0 Å². The fourth-order valence-corrected chi connectivity index (χ4v) is 3.64. The zero-order chi connectivity index (χ0) is 19.1. The van der Waals surface area contributed by atoms with Gasteiger partial charge < -0.3 is 15.1 Å². The van der Waals surface area contributed by atoms with Crippen LogP contribution >= 0.6 is 11.6 Å². The van der Waals surface area contributed by atoms with E-state index in [0.29, 0.717) is 31.1 Å². The summed E-state index contributed by atoms with van der Waals surface area (Å²) in [7, 11) is 0. The molecule has 27 heavy (non-hydrogen) atoms. The normalized spacial score (nSPS) is 22.7. The first-order valence-electron chi connectivity index (χ1n) is 9.02. The Morgan fingerprint density at radius 2 is 2.04 bits per heavy atom. The lowest BCUT2D eigenvalue weighted by molar-refractivity contribution is -0.126. The summed E-state index contributed by atoms with van der Waals surface area (Å²) in [6.07, 6.45) is 2.71. The van der Waals surface area contributed by atoms with Crippen LogP contribution in [0.3, 0.4) is 0 Å². The Balaban J connectivity index is 1.35. The summed E-state index contributed by atoms with van der Waals surface area (Å²) in [5.74, 6) is -0.320. The first-order valence-corrected chi connectivity index (χ1v) is 9.40. The molecule has 2 saturated heterocycles. The van der Waals surface area contributed by atoms with Gasteiger partial charge in [-0.1, -0.05) is 11.6 Å². The molecule has 9 heteroatoms. The molecule has 1 aliphatic carbocycles. The molecule has 4 amide bonds. The standard InChI is InChI=1S/C18H20ClFN4O3/c19-13-7-12(3-4-14(13)20)24-6-5-15(17(24)26)21-18(27)23-9-16(25)22(10-23)8-11-1-2-11/h3-4,7,11,15H,1-2,5-6,8-10H2,(H,21,27). The molecule has 1 aromatic carbocycles. The lowest BCUT2D eigenvalue weighted by Crippen LogP contribution is -2.47. The van der Waals surface area contributed by atoms with Gasteiger partial charge in [-0.25, -0.2) is 9.18 Å². The van der Waals surface area contributed by atoms with Gasteiger partial charge in [0, 0.05) is 18.8 Å². The average Bonchev–Trinajstić information content (AvgIpc) is 3.28. The number of urea groups is 1. The van der Waals surface area contributed by atoms with Crippen LogP contribution in [0.1, 0.15) is 19.3 Å². The number of hydrogen-bond acceptors (Lipinski definition) is 3. The first kappa shape index (κ1) is 18.0. The number of nitrogens with zero attached hydrogens (tertiary/aromatic N) is 3. The predicted octanol–water partition coefficient (Wildman–Crippen LogP) is 1.81. The Kier molecular flexibility index (Phi) is 4.67. The number of carbonyl (C=O) groups is 3. The maximum atomic E-state index is 13.3. The Bertz CT molecular complexity index is 801. The van der Waals surface area contributed by atoms with Gasteiger partial charge in [0.1, 0.15) is 18.4 Å². The zero-order valence-electron chi connectivity index (χ0n) is 14.7. The van der Waals surface area contributed by atoms with Gasteiger partial charge in [0.25, 0.3) is 0 Å². The summed E-state index contributed by atoms with van der Waals surface area (Å²) in [6.45, 7) is 1.40. The smallest absolute Gasteiger partial charge is 0.319 e. The highest BCUT2D eigenvalue weighted by Crippen LogP contribution is 2.30. The summed E-state index contributed by atoms with van der Waals surface area (Å²) in [5, 5.41) is 2.66. The quantitative estimate of drug-likeness (QED) is 0.846. The number of carbonyl (C=O) groups excluding carboxylic acids is 3. The van der Waals surface area contributed by atoms with Gasteiger partial charge in [0.2, 0.25) is 11.8 Å². The van der Waals surface area contributed by atoms with E-state index in [2.05, 4.69) is 5.32 Å². The molecule has 144 valence electrons. The lowest BCUT2D eigenvalue weighted by Gasteiger charge is -2.21. The predicted molar refractivity (Wildman–Crippen MR) is 96.7 cm³/mol. The van der Waals surface area contributed by atoms with E-state index >= 15 is 0 Å². The number of halogens is 2. The monoisotopic (exact) mass is 394 g/mol. The van der Waals surface area contributed by atoms with Crippen LogP contribution < -0.4 is 10.2 Å². The lowest BCUT2D eigenvalue weighted by atomic mass is 10.2. The Morgan fingerprint density at radius 1 is 1.26 bits per heavy atom. The molecule has 0 radical (unpaired) electrons. The molecular formula is C18H20ClFN4O3. The second-order valence-corrected chi connectivity index (χ2v) is 7.69. The number of anilines is 1. The summed E-state index contributed by atoms with van der Waals surface area (Å²) in [6, 6.07) is 3.00. The van der Waals surface area contributed by atoms with E-state index in [4.69, 9.17) is 11.6 Å². The number of amides is 4. The first-order chi connectivity index (χ1) is 12.9. The number of nitrogens with one attached hydrogen (secondary N) is 1. The molecule has 1 aromatic rings. The van der Waals surface area contributed by atoms with Crippen LogP contribution in [-0.4, -0.2) is 60.0 Å². The second kappa shape index (κ2) is 6.99. The van der Waals surface area contributed by atoms with Gasteiger partial charge in [0.15, 0.2) is 0 Å². The fourth-order valence-electron chi connectivity index (χ4n) is 3.47. The number of rotatable bonds is 4. The molecule has 0 bridgehead atoms. The largest absolute Gasteiger partial charge is 0.326 e. The highest BCUT2D eigenvalue weighted by atomic mass is 35.5. The molecule has 0 spiro atoms. The molecule has 4 rings (SSSR count). The molecule has 1 N–H and O–H groups in total. The van der Waals surface area contributed by atoms with Crippen molar-refractivity contribution in [2.24, 2.45) is 5.92 Å². The Hall–Kier alpha value is -2.35. The van der Waals surface area contributed by atoms with Crippen LogP contribution in [0.15, 0.2) is 18.2 Å². The third-order valence-corrected chi connectivity index (χ3v) is 5.49. The van der Waals surface area contributed by atoms with Crippen LogP contribution in [-0.2, 0) is 9.59 Å². The molecule has 3 fully saturated rings. The number of hydrogen-bond donors (Lipinski definition) is 1. The van der Waals surface area contributed by atoms with Crippen molar-refractivity contribution >= 4 is 35.1 Å². The highest BCUT2D eigenvalue weighted by molar-refractivity contribution is 6.31. The molecule has 3 aliphatic rings. The Morgan fingerprint density at radius 3 is 2.74 bits per heavy atom. The van der Waals surface area contributed by atoms with Crippen molar-refractivity contribution in [1.82, 2.24) is 15.1 Å². The maximum absolute atomic E-state index is 13.3.